The lowest BCUT2D eigenvalue weighted by molar-refractivity contribution is 0.443. The molecule has 2 nitrogen and oxygen atoms in total. The van der Waals surface area contributed by atoms with E-state index in [0.29, 0.717) is 5.56 Å². The molecule has 0 atom stereocenters. The van der Waals surface area contributed by atoms with Crippen LogP contribution >= 0.6 is 11.6 Å². The first-order chi connectivity index (χ1) is 8.49. The lowest BCUT2D eigenvalue weighted by atomic mass is 10.2. The summed E-state index contributed by atoms with van der Waals surface area (Å²) in [7, 11) is 0. The van der Waals surface area contributed by atoms with Gasteiger partial charge in [0.05, 0.1) is 10.7 Å². The second-order valence-corrected chi connectivity index (χ2v) is 4.20. The van der Waals surface area contributed by atoms with Crippen LogP contribution in [0.5, 0.6) is 11.5 Å². The van der Waals surface area contributed by atoms with E-state index in [0.717, 1.165) is 6.07 Å². The second kappa shape index (κ2) is 4.82. The second-order valence-electron chi connectivity index (χ2n) is 3.79. The third-order valence-corrected chi connectivity index (χ3v) is 2.72. The van der Waals surface area contributed by atoms with Crippen LogP contribution in [0.3, 0.4) is 0 Å². The fourth-order valence-electron chi connectivity index (χ4n) is 1.44. The molecule has 0 saturated carbocycles. The SMILES string of the molecule is Cc1cc(Oc2cccc(Cl)c2F)c(N)cc1F. The van der Waals surface area contributed by atoms with Crippen LogP contribution in [-0.4, -0.2) is 0 Å². The van der Waals surface area contributed by atoms with Crippen molar-refractivity contribution in [2.45, 2.75) is 6.92 Å². The Morgan fingerprint density at radius 2 is 1.89 bits per heavy atom. The average molecular weight is 270 g/mol. The molecule has 2 aromatic rings. The van der Waals surface area contributed by atoms with Crippen LogP contribution < -0.4 is 10.5 Å². The topological polar surface area (TPSA) is 35.2 Å². The van der Waals surface area contributed by atoms with E-state index >= 15 is 0 Å². The monoisotopic (exact) mass is 269 g/mol. The quantitative estimate of drug-likeness (QED) is 0.825. The van der Waals surface area contributed by atoms with Crippen molar-refractivity contribution in [3.8, 4) is 11.5 Å². The van der Waals surface area contributed by atoms with E-state index in [1.54, 1.807) is 13.0 Å². The van der Waals surface area contributed by atoms with Crippen LogP contribution in [0.4, 0.5) is 14.5 Å². The lowest BCUT2D eigenvalue weighted by Gasteiger charge is -2.11. The Bertz CT molecular complexity index is 602. The van der Waals surface area contributed by atoms with E-state index < -0.39 is 11.6 Å². The van der Waals surface area contributed by atoms with Gasteiger partial charge in [-0.3, -0.25) is 0 Å². The molecule has 0 saturated heterocycles. The standard InChI is InChI=1S/C13H10ClF2NO/c1-7-5-12(10(17)6-9(7)15)18-11-4-2-3-8(14)13(11)16/h2-6H,17H2,1H3. The summed E-state index contributed by atoms with van der Waals surface area (Å²) in [6, 6.07) is 6.91. The van der Waals surface area contributed by atoms with Gasteiger partial charge in [-0.1, -0.05) is 17.7 Å². The number of ether oxygens (including phenoxy) is 1. The first kappa shape index (κ1) is 12.6. The Hall–Kier alpha value is -1.81. The fourth-order valence-corrected chi connectivity index (χ4v) is 1.61. The normalized spacial score (nSPS) is 10.4. The van der Waals surface area contributed by atoms with Crippen LogP contribution in [0.2, 0.25) is 5.02 Å². The van der Waals surface area contributed by atoms with Crippen molar-refractivity contribution in [3.63, 3.8) is 0 Å². The molecule has 0 amide bonds. The van der Waals surface area contributed by atoms with Crippen LogP contribution in [0, 0.1) is 18.6 Å². The van der Waals surface area contributed by atoms with Gasteiger partial charge in [-0.15, -0.1) is 0 Å². The Kier molecular flexibility index (Phi) is 3.39. The highest BCUT2D eigenvalue weighted by Crippen LogP contribution is 2.33. The number of anilines is 1. The van der Waals surface area contributed by atoms with Crippen molar-refractivity contribution in [1.82, 2.24) is 0 Å². The number of rotatable bonds is 2. The molecular weight excluding hydrogens is 260 g/mol. The summed E-state index contributed by atoms with van der Waals surface area (Å²) in [6.07, 6.45) is 0. The van der Waals surface area contributed by atoms with E-state index in [2.05, 4.69) is 0 Å². The molecule has 5 heteroatoms. The van der Waals surface area contributed by atoms with Gasteiger partial charge < -0.3 is 10.5 Å². The first-order valence-corrected chi connectivity index (χ1v) is 5.54. The summed E-state index contributed by atoms with van der Waals surface area (Å²) in [6.45, 7) is 1.57. The highest BCUT2D eigenvalue weighted by atomic mass is 35.5. The van der Waals surface area contributed by atoms with E-state index in [1.807, 2.05) is 0 Å². The average Bonchev–Trinajstić information content (AvgIpc) is 2.32. The number of aryl methyl sites for hydroxylation is 1. The van der Waals surface area contributed by atoms with Crippen LogP contribution in [0.25, 0.3) is 0 Å². The zero-order chi connectivity index (χ0) is 13.3. The molecule has 0 heterocycles. The van der Waals surface area contributed by atoms with Gasteiger partial charge in [0.25, 0.3) is 0 Å². The number of halogens is 3. The molecule has 0 radical (unpaired) electrons. The van der Waals surface area contributed by atoms with Gasteiger partial charge in [-0.2, -0.15) is 0 Å². The molecule has 94 valence electrons. The van der Waals surface area contributed by atoms with Gasteiger partial charge in [0.1, 0.15) is 5.82 Å². The van der Waals surface area contributed by atoms with E-state index in [9.17, 15) is 8.78 Å². The van der Waals surface area contributed by atoms with Crippen molar-refractivity contribution >= 4 is 17.3 Å². The highest BCUT2D eigenvalue weighted by Gasteiger charge is 2.11. The zero-order valence-corrected chi connectivity index (χ0v) is 10.3. The third-order valence-electron chi connectivity index (χ3n) is 2.43. The van der Waals surface area contributed by atoms with Crippen LogP contribution in [-0.2, 0) is 0 Å². The van der Waals surface area contributed by atoms with Crippen LogP contribution in [0.15, 0.2) is 30.3 Å². The molecule has 0 bridgehead atoms. The minimum absolute atomic E-state index is 0.0510. The molecular formula is C13H10ClF2NO. The number of hydrogen-bond acceptors (Lipinski definition) is 2. The summed E-state index contributed by atoms with van der Waals surface area (Å²) < 4.78 is 32.1. The molecule has 0 aromatic heterocycles. The molecule has 0 unspecified atom stereocenters. The van der Waals surface area contributed by atoms with Crippen molar-refractivity contribution in [1.29, 1.82) is 0 Å². The van der Waals surface area contributed by atoms with Gasteiger partial charge in [-0.25, -0.2) is 8.78 Å². The highest BCUT2D eigenvalue weighted by molar-refractivity contribution is 6.30. The van der Waals surface area contributed by atoms with Crippen molar-refractivity contribution in [2.24, 2.45) is 0 Å². The molecule has 0 fully saturated rings. The minimum atomic E-state index is -0.680. The van der Waals surface area contributed by atoms with Gasteiger partial charge >= 0.3 is 0 Å². The summed E-state index contributed by atoms with van der Waals surface area (Å²) in [5, 5.41) is -0.0510. The van der Waals surface area contributed by atoms with Crippen molar-refractivity contribution in [2.75, 3.05) is 5.73 Å². The zero-order valence-electron chi connectivity index (χ0n) is 9.51. The van der Waals surface area contributed by atoms with Gasteiger partial charge in [0.2, 0.25) is 0 Å². The molecule has 0 aliphatic heterocycles. The van der Waals surface area contributed by atoms with E-state index in [1.165, 1.54) is 18.2 Å². The largest absolute Gasteiger partial charge is 0.452 e. The maximum atomic E-state index is 13.6. The van der Waals surface area contributed by atoms with Gasteiger partial charge in [0.15, 0.2) is 17.3 Å². The Morgan fingerprint density at radius 1 is 1.17 bits per heavy atom. The summed E-state index contributed by atoms with van der Waals surface area (Å²) >= 11 is 5.63. The summed E-state index contributed by atoms with van der Waals surface area (Å²) in [5.74, 6) is -0.984. The third kappa shape index (κ3) is 2.38. The Labute approximate surface area is 108 Å². The molecule has 0 aliphatic rings. The number of benzene rings is 2. The number of nitrogens with two attached hydrogens (primary N) is 1. The molecule has 18 heavy (non-hydrogen) atoms. The molecule has 0 spiro atoms. The molecule has 2 aromatic carbocycles. The first-order valence-electron chi connectivity index (χ1n) is 5.16. The molecule has 2 rings (SSSR count). The maximum Gasteiger partial charge on any atom is 0.184 e. The lowest BCUT2D eigenvalue weighted by Crippen LogP contribution is -1.96. The van der Waals surface area contributed by atoms with Crippen LogP contribution in [0.1, 0.15) is 5.56 Å². The van der Waals surface area contributed by atoms with E-state index in [-0.39, 0.29) is 22.2 Å². The van der Waals surface area contributed by atoms with E-state index in [4.69, 9.17) is 22.1 Å². The molecule has 0 aliphatic carbocycles. The predicted octanol–water partition coefficient (Wildman–Crippen LogP) is 4.30. The summed E-state index contributed by atoms with van der Waals surface area (Å²) in [4.78, 5) is 0. The Balaban J connectivity index is 2.40. The smallest absolute Gasteiger partial charge is 0.184 e. The molecule has 2 N–H and O–H groups in total. The minimum Gasteiger partial charge on any atom is -0.452 e. The maximum absolute atomic E-state index is 13.6. The Morgan fingerprint density at radius 3 is 2.61 bits per heavy atom. The summed E-state index contributed by atoms with van der Waals surface area (Å²) in [5.41, 5.74) is 6.06. The number of hydrogen-bond donors (Lipinski definition) is 1. The predicted molar refractivity (Wildman–Crippen MR) is 67.0 cm³/mol. The van der Waals surface area contributed by atoms with Gasteiger partial charge in [0, 0.05) is 6.07 Å². The fraction of sp³-hybridized carbons (Fsp3) is 0.0769. The van der Waals surface area contributed by atoms with Gasteiger partial charge in [-0.05, 0) is 30.7 Å². The van der Waals surface area contributed by atoms with Crippen molar-refractivity contribution < 1.29 is 13.5 Å². The van der Waals surface area contributed by atoms with Crippen molar-refractivity contribution in [3.05, 3.63) is 52.6 Å². The number of nitrogen functional groups attached to an aromatic ring is 1.